The Balaban J connectivity index is 0. The number of aryl methyl sites for hydroxylation is 1. The van der Waals surface area contributed by atoms with Crippen LogP contribution in [0.5, 0.6) is 0 Å². The summed E-state index contributed by atoms with van der Waals surface area (Å²) in [6.07, 6.45) is 6.88. The summed E-state index contributed by atoms with van der Waals surface area (Å²) >= 11 is 0. The average molecular weight is 218 g/mol. The van der Waals surface area contributed by atoms with Gasteiger partial charge in [0.25, 0.3) is 0 Å². The van der Waals surface area contributed by atoms with Crippen molar-refractivity contribution in [3.05, 3.63) is 54.1 Å². The third-order valence-corrected chi connectivity index (χ3v) is 1.81. The van der Waals surface area contributed by atoms with Gasteiger partial charge < -0.3 is 0 Å². The molecule has 16 heavy (non-hydrogen) atoms. The average Bonchev–Trinajstić information content (AvgIpc) is 2.41. The number of rotatable bonds is 3. The van der Waals surface area contributed by atoms with Gasteiger partial charge in [-0.15, -0.1) is 0 Å². The molecule has 1 aromatic carbocycles. The highest BCUT2D eigenvalue weighted by molar-refractivity contribution is 5.51. The van der Waals surface area contributed by atoms with E-state index in [9.17, 15) is 0 Å². The molecule has 0 unspecified atom stereocenters. The zero-order valence-electron chi connectivity index (χ0n) is 11.5. The van der Waals surface area contributed by atoms with E-state index < -0.39 is 0 Å². The van der Waals surface area contributed by atoms with Gasteiger partial charge in [0.2, 0.25) is 0 Å². The molecule has 0 spiro atoms. The molecule has 0 aliphatic carbocycles. The van der Waals surface area contributed by atoms with Gasteiger partial charge in [0, 0.05) is 0 Å². The molecule has 0 nitrogen and oxygen atoms in total. The molecule has 90 valence electrons. The monoisotopic (exact) mass is 218 g/mol. The quantitative estimate of drug-likeness (QED) is 0.588. The van der Waals surface area contributed by atoms with E-state index in [0.717, 1.165) is 6.42 Å². The van der Waals surface area contributed by atoms with Gasteiger partial charge in [-0.1, -0.05) is 83.7 Å². The molecule has 0 radical (unpaired) electrons. The molecular formula is C16H26. The minimum absolute atomic E-state index is 1.10. The van der Waals surface area contributed by atoms with Crippen LogP contribution in [0.3, 0.4) is 0 Å². The fourth-order valence-electron chi connectivity index (χ4n) is 1.04. The number of hydrogen-bond donors (Lipinski definition) is 0. The van der Waals surface area contributed by atoms with Crippen molar-refractivity contribution in [1.82, 2.24) is 0 Å². The number of allylic oxidation sites excluding steroid dienone is 2. The Morgan fingerprint density at radius 3 is 1.88 bits per heavy atom. The maximum absolute atomic E-state index is 3.62. The highest BCUT2D eigenvalue weighted by Gasteiger charge is 1.87. The van der Waals surface area contributed by atoms with Crippen molar-refractivity contribution in [1.29, 1.82) is 0 Å². The van der Waals surface area contributed by atoms with Crippen molar-refractivity contribution in [2.24, 2.45) is 0 Å². The second-order valence-electron chi connectivity index (χ2n) is 2.69. The van der Waals surface area contributed by atoms with E-state index in [1.807, 2.05) is 39.8 Å². The molecule has 1 rings (SSSR count). The largest absolute Gasteiger partial charge is 0.0991 e. The molecule has 1 aromatic rings. The molecule has 0 fully saturated rings. The maximum Gasteiger partial charge on any atom is -0.0256 e. The van der Waals surface area contributed by atoms with Gasteiger partial charge in [-0.05, 0) is 17.5 Å². The molecule has 0 aromatic heterocycles. The second kappa shape index (κ2) is 13.7. The number of hydrogen-bond acceptors (Lipinski definition) is 0. The van der Waals surface area contributed by atoms with Crippen LogP contribution in [0, 0.1) is 0 Å². The molecule has 0 atom stereocenters. The zero-order valence-corrected chi connectivity index (χ0v) is 11.5. The Hall–Kier alpha value is -1.30. The Labute approximate surface area is 102 Å². The predicted octanol–water partition coefficient (Wildman–Crippen LogP) is 5.50. The molecule has 0 saturated heterocycles. The summed E-state index contributed by atoms with van der Waals surface area (Å²) in [6.45, 7) is 13.8. The van der Waals surface area contributed by atoms with E-state index in [4.69, 9.17) is 0 Å². The van der Waals surface area contributed by atoms with Gasteiger partial charge in [-0.3, -0.25) is 0 Å². The number of benzene rings is 1. The van der Waals surface area contributed by atoms with Gasteiger partial charge in [-0.25, -0.2) is 0 Å². The highest BCUT2D eigenvalue weighted by atomic mass is 13.9. The lowest BCUT2D eigenvalue weighted by Gasteiger charge is -1.96. The van der Waals surface area contributed by atoms with Gasteiger partial charge >= 0.3 is 0 Å². The summed E-state index contributed by atoms with van der Waals surface area (Å²) in [7, 11) is 0. The van der Waals surface area contributed by atoms with Crippen molar-refractivity contribution in [2.75, 3.05) is 0 Å². The van der Waals surface area contributed by atoms with Crippen LogP contribution in [0.4, 0.5) is 0 Å². The minimum Gasteiger partial charge on any atom is -0.0991 e. The van der Waals surface area contributed by atoms with Crippen LogP contribution in [0.2, 0.25) is 0 Å². The zero-order chi connectivity index (χ0) is 12.8. The summed E-state index contributed by atoms with van der Waals surface area (Å²) in [5.41, 5.74) is 2.61. The maximum atomic E-state index is 3.62. The first-order valence-corrected chi connectivity index (χ1v) is 6.25. The van der Waals surface area contributed by atoms with Gasteiger partial charge in [0.15, 0.2) is 0 Å². The Morgan fingerprint density at radius 2 is 1.50 bits per heavy atom. The minimum atomic E-state index is 1.10. The lowest BCUT2D eigenvalue weighted by Crippen LogP contribution is -1.78. The highest BCUT2D eigenvalue weighted by Crippen LogP contribution is 2.06. The van der Waals surface area contributed by atoms with Crippen LogP contribution in [0.1, 0.15) is 45.7 Å². The molecule has 0 bridgehead atoms. The standard InChI is InChI=1S/C12H14.2C2H6/c1-3-5-6-12-9-7-11(4-2)8-10-12;2*1-2/h3,5-10H,1,4H2,2H3;2*1-2H3/b6-5+;;. The molecule has 0 aliphatic rings. The SMILES string of the molecule is C=C/C=C/c1ccc(CC)cc1.CC.CC. The van der Waals surface area contributed by atoms with E-state index in [1.54, 1.807) is 6.08 Å². The molecule has 0 N–H and O–H groups in total. The fraction of sp³-hybridized carbons (Fsp3) is 0.375. The van der Waals surface area contributed by atoms with Crippen molar-refractivity contribution in [3.8, 4) is 0 Å². The van der Waals surface area contributed by atoms with E-state index in [-0.39, 0.29) is 0 Å². The Morgan fingerprint density at radius 1 is 1.00 bits per heavy atom. The first kappa shape index (κ1) is 17.1. The van der Waals surface area contributed by atoms with E-state index in [0.29, 0.717) is 0 Å². The first-order chi connectivity index (χ1) is 7.86. The van der Waals surface area contributed by atoms with E-state index in [1.165, 1.54) is 11.1 Å². The summed E-state index contributed by atoms with van der Waals surface area (Å²) in [4.78, 5) is 0. The summed E-state index contributed by atoms with van der Waals surface area (Å²) in [5.74, 6) is 0. The Bertz CT molecular complexity index is 265. The van der Waals surface area contributed by atoms with Crippen molar-refractivity contribution < 1.29 is 0 Å². The van der Waals surface area contributed by atoms with Crippen LogP contribution in [-0.2, 0) is 6.42 Å². The van der Waals surface area contributed by atoms with E-state index >= 15 is 0 Å². The van der Waals surface area contributed by atoms with Crippen LogP contribution >= 0.6 is 0 Å². The smallest absolute Gasteiger partial charge is 0.0256 e. The van der Waals surface area contributed by atoms with Crippen LogP contribution in [-0.4, -0.2) is 0 Å². The molecular weight excluding hydrogens is 192 g/mol. The lowest BCUT2D eigenvalue weighted by molar-refractivity contribution is 1.14. The summed E-state index contributed by atoms with van der Waals surface area (Å²) < 4.78 is 0. The van der Waals surface area contributed by atoms with Crippen LogP contribution in [0.25, 0.3) is 6.08 Å². The molecule has 0 aliphatic heterocycles. The molecule has 0 amide bonds. The lowest BCUT2D eigenvalue weighted by atomic mass is 10.1. The van der Waals surface area contributed by atoms with Crippen molar-refractivity contribution >= 4 is 6.08 Å². The van der Waals surface area contributed by atoms with Gasteiger partial charge in [-0.2, -0.15) is 0 Å². The van der Waals surface area contributed by atoms with Crippen LogP contribution < -0.4 is 0 Å². The van der Waals surface area contributed by atoms with E-state index in [2.05, 4.69) is 37.8 Å². The van der Waals surface area contributed by atoms with Gasteiger partial charge in [0.1, 0.15) is 0 Å². The van der Waals surface area contributed by atoms with Crippen LogP contribution in [0.15, 0.2) is 43.0 Å². The molecule has 0 heterocycles. The topological polar surface area (TPSA) is 0 Å². The molecule has 0 saturated carbocycles. The van der Waals surface area contributed by atoms with Gasteiger partial charge in [0.05, 0.1) is 0 Å². The summed E-state index contributed by atoms with van der Waals surface area (Å²) in [5, 5.41) is 0. The first-order valence-electron chi connectivity index (χ1n) is 6.25. The third kappa shape index (κ3) is 8.05. The fourth-order valence-corrected chi connectivity index (χ4v) is 1.04. The normalized spacial score (nSPS) is 8.56. The summed E-state index contributed by atoms with van der Waals surface area (Å²) in [6, 6.07) is 8.56. The van der Waals surface area contributed by atoms with Crippen molar-refractivity contribution in [3.63, 3.8) is 0 Å². The molecule has 0 heteroatoms. The second-order valence-corrected chi connectivity index (χ2v) is 2.69. The Kier molecular flexibility index (Phi) is 14.6. The predicted molar refractivity (Wildman–Crippen MR) is 77.7 cm³/mol. The third-order valence-electron chi connectivity index (χ3n) is 1.81. The van der Waals surface area contributed by atoms with Crippen molar-refractivity contribution in [2.45, 2.75) is 41.0 Å².